The number of aliphatic hydroxyl groups excluding tert-OH is 5. The molecule has 1 saturated heterocycles. The molecular weight excluding hydrogens is 941 g/mol. The molecule has 17 N–H and O–H groups in total. The van der Waals surface area contributed by atoms with Crippen molar-refractivity contribution in [2.75, 3.05) is 19.7 Å². The molecule has 0 spiro atoms. The monoisotopic (exact) mass is 1010 g/mol. The Morgan fingerprint density at radius 3 is 1.80 bits per heavy atom. The Hall–Kier alpha value is -6.81. The first-order valence-electron chi connectivity index (χ1n) is 23.0. The van der Waals surface area contributed by atoms with Crippen LogP contribution in [0, 0.1) is 5.92 Å². The van der Waals surface area contributed by atoms with E-state index in [1.165, 1.54) is 33.6 Å². The van der Waals surface area contributed by atoms with Gasteiger partial charge in [-0.15, -0.1) is 0 Å². The summed E-state index contributed by atoms with van der Waals surface area (Å²) in [5.41, 5.74) is 6.32. The van der Waals surface area contributed by atoms with Crippen LogP contribution in [-0.4, -0.2) is 182 Å². The van der Waals surface area contributed by atoms with Crippen molar-refractivity contribution in [1.82, 2.24) is 47.9 Å². The number of aryl methyl sites for hydroxylation is 1. The predicted molar refractivity (Wildman–Crippen MR) is 247 cm³/mol. The smallest absolute Gasteiger partial charge is 0.336 e. The number of aliphatic carboxylic acids is 1. The van der Waals surface area contributed by atoms with Gasteiger partial charge in [0.25, 0.3) is 17.7 Å². The van der Waals surface area contributed by atoms with Crippen molar-refractivity contribution in [3.8, 4) is 0 Å². The second-order valence-corrected chi connectivity index (χ2v) is 17.3. The Morgan fingerprint density at radius 2 is 1.24 bits per heavy atom. The van der Waals surface area contributed by atoms with E-state index in [1.807, 2.05) is 21.3 Å². The van der Waals surface area contributed by atoms with Crippen LogP contribution >= 0.6 is 0 Å². The van der Waals surface area contributed by atoms with Crippen molar-refractivity contribution >= 4 is 65.0 Å². The third-order valence-corrected chi connectivity index (χ3v) is 11.1. The largest absolute Gasteiger partial charge is 0.479 e. The minimum absolute atomic E-state index is 0.220. The molecule has 0 bridgehead atoms. The molecule has 0 aromatic heterocycles. The van der Waals surface area contributed by atoms with Crippen molar-refractivity contribution in [3.05, 3.63) is 35.4 Å². The molecule has 27 nitrogen and oxygen atoms in total. The number of amides is 10. The van der Waals surface area contributed by atoms with Crippen LogP contribution in [0.15, 0.2) is 24.3 Å². The van der Waals surface area contributed by atoms with Crippen LogP contribution in [0.25, 0.3) is 0 Å². The maximum atomic E-state index is 13.8. The molecule has 71 heavy (non-hydrogen) atoms. The first-order chi connectivity index (χ1) is 33.3. The van der Waals surface area contributed by atoms with Crippen molar-refractivity contribution < 1.29 is 83.4 Å². The molecule has 1 fully saturated rings. The molecule has 0 aliphatic carbocycles. The second kappa shape index (κ2) is 29.4. The lowest BCUT2D eigenvalue weighted by atomic mass is 9.99. The number of benzene rings is 1. The van der Waals surface area contributed by atoms with Gasteiger partial charge in [0.15, 0.2) is 6.10 Å². The summed E-state index contributed by atoms with van der Waals surface area (Å²) in [7, 11) is 0. The van der Waals surface area contributed by atoms with Crippen LogP contribution < -0.4 is 53.6 Å². The molecule has 5 unspecified atom stereocenters. The van der Waals surface area contributed by atoms with E-state index in [0.29, 0.717) is 0 Å². The third-order valence-electron chi connectivity index (χ3n) is 11.1. The summed E-state index contributed by atoms with van der Waals surface area (Å²) >= 11 is 0. The van der Waals surface area contributed by atoms with Gasteiger partial charge in [-0.3, -0.25) is 47.9 Å². The number of hydrogen-bond donors (Lipinski definition) is 16. The fourth-order valence-electron chi connectivity index (χ4n) is 6.78. The summed E-state index contributed by atoms with van der Waals surface area (Å²) in [4.78, 5) is 145. The predicted octanol–water partition coefficient (Wildman–Crippen LogP) is -6.46. The maximum absolute atomic E-state index is 13.8. The van der Waals surface area contributed by atoms with Crippen LogP contribution in [0.1, 0.15) is 89.1 Å². The Bertz CT molecular complexity index is 2060. The summed E-state index contributed by atoms with van der Waals surface area (Å²) in [5.74, 6) is -16.3. The van der Waals surface area contributed by atoms with Gasteiger partial charge in [-0.2, -0.15) is 0 Å². The maximum Gasteiger partial charge on any atom is 0.336 e. The normalized spacial score (nSPS) is 24.0. The highest BCUT2D eigenvalue weighted by Crippen LogP contribution is 2.12. The van der Waals surface area contributed by atoms with Crippen molar-refractivity contribution in [2.45, 2.75) is 146 Å². The topological polar surface area (TPSA) is 443 Å². The highest BCUT2D eigenvalue weighted by molar-refractivity contribution is 6.06. The van der Waals surface area contributed by atoms with Gasteiger partial charge in [0.2, 0.25) is 47.4 Å². The molecule has 10 amide bonds. The summed E-state index contributed by atoms with van der Waals surface area (Å²) < 4.78 is 0. The molecule has 0 radical (unpaired) electrons. The first-order valence-corrected chi connectivity index (χ1v) is 23.0. The summed E-state index contributed by atoms with van der Waals surface area (Å²) in [6.07, 6.45) is -1.80. The van der Waals surface area contributed by atoms with E-state index >= 15 is 0 Å². The summed E-state index contributed by atoms with van der Waals surface area (Å²) in [5, 5.41) is 80.8. The summed E-state index contributed by atoms with van der Waals surface area (Å²) in [6, 6.07) is -7.35. The van der Waals surface area contributed by atoms with E-state index in [4.69, 9.17) is 5.73 Å². The zero-order chi connectivity index (χ0) is 53.7. The second-order valence-electron chi connectivity index (χ2n) is 17.3. The molecule has 1 aromatic carbocycles. The van der Waals surface area contributed by atoms with Gasteiger partial charge < -0.3 is 84.2 Å². The number of carboxylic acids is 1. The lowest BCUT2D eigenvalue weighted by molar-refractivity contribution is -0.148. The molecule has 11 atom stereocenters. The molecule has 27 heteroatoms. The van der Waals surface area contributed by atoms with E-state index in [9.17, 15) is 83.4 Å². The lowest BCUT2D eigenvalue weighted by Gasteiger charge is -2.31. The van der Waals surface area contributed by atoms with Crippen molar-refractivity contribution in [3.63, 3.8) is 0 Å². The van der Waals surface area contributed by atoms with E-state index in [-0.39, 0.29) is 5.56 Å². The first kappa shape index (κ1) is 60.3. The van der Waals surface area contributed by atoms with E-state index < -0.39 is 157 Å². The fraction of sp³-hybridized carbons (Fsp3) is 0.614. The Morgan fingerprint density at radius 1 is 0.690 bits per heavy atom. The Labute approximate surface area is 408 Å². The molecule has 1 aliphatic rings. The van der Waals surface area contributed by atoms with Crippen LogP contribution in [0.4, 0.5) is 0 Å². The molecule has 1 aromatic rings. The van der Waals surface area contributed by atoms with Crippen LogP contribution in [0.2, 0.25) is 0 Å². The molecule has 396 valence electrons. The number of nitrogens with two attached hydrogens (primary N) is 1. The standard InChI is InChI=1S/C44H68N10O17/c1-6-7-8-9-10-11-12-23-13-15-24(16-14-23)36(62)48-21(4)35(61)46-17-25-37(63)50-26(19-55)38(64)51-28(20(2)3)41(67)53-30(32(58)33(59)34(45)60)42(68)52-29(22(5)56)40(66)47-18-27(57)39(65)54-31(44(70)71)43(69)49-25/h13-16,20-22,25-33,55-59H,6-12,17-19H2,1-5H3,(H2,45,60)(H,46,61)(H,47,66)(H,48,62)(H,49,69)(H,50,63)(H,51,64)(H,52,68)(H,53,67)(H,54,65)(H,70,71)/t21?,22-,25+,26+,27+,28+,29+,30?,31?,32?,33?/m1/s1. The number of aliphatic hydroxyl groups is 5. The molecular formula is C44H68N10O17. The minimum atomic E-state index is -2.60. The van der Waals surface area contributed by atoms with Crippen LogP contribution in [-0.2, 0) is 54.4 Å². The van der Waals surface area contributed by atoms with Gasteiger partial charge in [0.05, 0.1) is 19.3 Å². The number of β-amino-alcohol motifs (C(OH)–C–C–N with tert-alkyl or cyclic N) is 1. The fourth-order valence-corrected chi connectivity index (χ4v) is 6.78. The van der Waals surface area contributed by atoms with E-state index in [0.717, 1.165) is 44.6 Å². The number of primary amides is 1. The molecule has 1 aliphatic heterocycles. The number of nitrogens with one attached hydrogen (secondary N) is 9. The Kier molecular flexibility index (Phi) is 25.0. The van der Waals surface area contributed by atoms with Crippen LogP contribution in [0.5, 0.6) is 0 Å². The van der Waals surface area contributed by atoms with E-state index in [2.05, 4.69) is 28.2 Å². The number of carbonyl (C=O) groups excluding carboxylic acids is 10. The number of carboxylic acid groups (broad SMARTS) is 1. The quantitative estimate of drug-likeness (QED) is 0.0453. The zero-order valence-electron chi connectivity index (χ0n) is 40.1. The molecule has 2 rings (SSSR count). The third kappa shape index (κ3) is 19.1. The zero-order valence-corrected chi connectivity index (χ0v) is 40.1. The van der Waals surface area contributed by atoms with Gasteiger partial charge in [-0.1, -0.05) is 65.0 Å². The molecule has 1 heterocycles. The van der Waals surface area contributed by atoms with Gasteiger partial charge in [-0.25, -0.2) is 4.79 Å². The number of unbranched alkanes of at least 4 members (excludes halogenated alkanes) is 5. The SMILES string of the molecule is CCCCCCCCc1ccc(C(=O)NC(C)C(=O)NC[C@@H]2NC(=O)C(C(=O)O)NC(=O)[C@@H](O)CNC(=O)[C@H]([C@@H](C)O)NC(=O)C(C(O)C(O)C(N)=O)NC(=O)[C@H](C(C)C)NC(=O)[C@H](CO)NC2=O)cc1. The average molecular weight is 1010 g/mol. The summed E-state index contributed by atoms with van der Waals surface area (Å²) in [6.45, 7) is 3.95. The van der Waals surface area contributed by atoms with Crippen molar-refractivity contribution in [2.24, 2.45) is 11.7 Å². The van der Waals surface area contributed by atoms with Gasteiger partial charge in [-0.05, 0) is 50.3 Å². The van der Waals surface area contributed by atoms with Gasteiger partial charge in [0, 0.05) is 12.1 Å². The van der Waals surface area contributed by atoms with Crippen molar-refractivity contribution in [1.29, 1.82) is 0 Å². The molecule has 0 saturated carbocycles. The number of rotatable bonds is 19. The lowest BCUT2D eigenvalue weighted by Crippen LogP contribution is -2.66. The number of hydrogen-bond acceptors (Lipinski definition) is 16. The van der Waals surface area contributed by atoms with E-state index in [1.54, 1.807) is 29.6 Å². The van der Waals surface area contributed by atoms with Gasteiger partial charge >= 0.3 is 5.97 Å². The highest BCUT2D eigenvalue weighted by atomic mass is 16.4. The minimum Gasteiger partial charge on any atom is -0.479 e. The highest BCUT2D eigenvalue weighted by Gasteiger charge is 2.41. The van der Waals surface area contributed by atoms with Gasteiger partial charge in [0.1, 0.15) is 48.5 Å². The Balaban J connectivity index is 2.48. The average Bonchev–Trinajstić information content (AvgIpc) is 3.32. The van der Waals surface area contributed by atoms with Crippen LogP contribution in [0.3, 0.4) is 0 Å². The number of carbonyl (C=O) groups is 11.